The molecule has 1 aliphatic heterocycles. The van der Waals surface area contributed by atoms with Crippen LogP contribution in [0.25, 0.3) is 0 Å². The first kappa shape index (κ1) is 18.4. The lowest BCUT2D eigenvalue weighted by Crippen LogP contribution is -2.43. The molecule has 1 fully saturated rings. The average molecular weight is 334 g/mol. The van der Waals surface area contributed by atoms with Gasteiger partial charge in [-0.2, -0.15) is 0 Å². The lowest BCUT2D eigenvalue weighted by molar-refractivity contribution is -0.148. The molecular formula is C18H26N2O4. The molecule has 0 aromatic carbocycles. The number of amides is 1. The second kappa shape index (κ2) is 9.37. The fourth-order valence-electron chi connectivity index (χ4n) is 2.64. The number of aryl methyl sites for hydroxylation is 2. The van der Waals surface area contributed by atoms with Crippen molar-refractivity contribution in [2.75, 3.05) is 19.8 Å². The first-order valence-corrected chi connectivity index (χ1v) is 8.53. The Labute approximate surface area is 142 Å². The lowest BCUT2D eigenvalue weighted by Gasteiger charge is -2.22. The molecule has 1 aromatic rings. The molecule has 6 nitrogen and oxygen atoms in total. The van der Waals surface area contributed by atoms with Crippen LogP contribution in [0.4, 0.5) is 0 Å². The van der Waals surface area contributed by atoms with E-state index in [0.29, 0.717) is 39.1 Å². The molecular weight excluding hydrogens is 308 g/mol. The Morgan fingerprint density at radius 1 is 1.38 bits per heavy atom. The van der Waals surface area contributed by atoms with Crippen LogP contribution in [0.5, 0.6) is 0 Å². The minimum Gasteiger partial charge on any atom is -0.464 e. The molecule has 2 heterocycles. The number of carbonyl (C=O) groups is 2. The summed E-state index contributed by atoms with van der Waals surface area (Å²) in [4.78, 5) is 28.4. The van der Waals surface area contributed by atoms with Crippen LogP contribution in [-0.4, -0.2) is 42.7 Å². The summed E-state index contributed by atoms with van der Waals surface area (Å²) in [6.07, 6.45) is 2.88. The molecule has 0 spiro atoms. The highest BCUT2D eigenvalue weighted by Crippen LogP contribution is 2.14. The number of carbonyl (C=O) groups excluding carboxylic acids is 2. The van der Waals surface area contributed by atoms with Crippen molar-refractivity contribution in [2.45, 2.75) is 45.6 Å². The number of hydrogen-bond acceptors (Lipinski definition) is 5. The molecule has 1 aromatic heterocycles. The van der Waals surface area contributed by atoms with Crippen molar-refractivity contribution < 1.29 is 19.1 Å². The van der Waals surface area contributed by atoms with Gasteiger partial charge in [-0.25, -0.2) is 4.79 Å². The van der Waals surface area contributed by atoms with Gasteiger partial charge in [0.05, 0.1) is 6.61 Å². The number of pyridine rings is 1. The van der Waals surface area contributed by atoms with Crippen molar-refractivity contribution in [2.24, 2.45) is 5.92 Å². The normalized spacial score (nSPS) is 16.4. The number of esters is 1. The monoisotopic (exact) mass is 334 g/mol. The Bertz CT molecular complexity index is 556. The third kappa shape index (κ3) is 5.92. The van der Waals surface area contributed by atoms with Crippen molar-refractivity contribution in [3.05, 3.63) is 29.6 Å². The quantitative estimate of drug-likeness (QED) is 0.608. The van der Waals surface area contributed by atoms with Gasteiger partial charge >= 0.3 is 5.97 Å². The zero-order chi connectivity index (χ0) is 17.4. The molecule has 6 heteroatoms. The van der Waals surface area contributed by atoms with E-state index in [1.54, 1.807) is 6.92 Å². The zero-order valence-electron chi connectivity index (χ0n) is 14.4. The van der Waals surface area contributed by atoms with Crippen LogP contribution in [-0.2, 0) is 25.5 Å². The minimum absolute atomic E-state index is 0.0682. The summed E-state index contributed by atoms with van der Waals surface area (Å²) in [5.41, 5.74) is 1.97. The van der Waals surface area contributed by atoms with Crippen LogP contribution in [0.2, 0.25) is 0 Å². The van der Waals surface area contributed by atoms with Crippen LogP contribution < -0.4 is 5.32 Å². The van der Waals surface area contributed by atoms with E-state index in [4.69, 9.17) is 9.47 Å². The first-order valence-electron chi connectivity index (χ1n) is 8.53. The highest BCUT2D eigenvalue weighted by atomic mass is 16.5. The summed E-state index contributed by atoms with van der Waals surface area (Å²) in [5.74, 6) is -0.555. The highest BCUT2D eigenvalue weighted by molar-refractivity contribution is 5.85. The summed E-state index contributed by atoms with van der Waals surface area (Å²) in [5, 5.41) is 2.73. The van der Waals surface area contributed by atoms with E-state index in [9.17, 15) is 9.59 Å². The second-order valence-corrected chi connectivity index (χ2v) is 6.16. The molecule has 0 aliphatic carbocycles. The van der Waals surface area contributed by atoms with Crippen LogP contribution in [0, 0.1) is 12.8 Å². The predicted molar refractivity (Wildman–Crippen MR) is 89.4 cm³/mol. The SMILES string of the molecule is Cc1cccc(CCCOC(=O)C(C)NC(=O)C2CCOCC2)n1. The number of nitrogens with zero attached hydrogens (tertiary/aromatic N) is 1. The Kier molecular flexibility index (Phi) is 7.18. The number of rotatable bonds is 7. The maximum atomic E-state index is 12.1. The maximum Gasteiger partial charge on any atom is 0.328 e. The Morgan fingerprint density at radius 3 is 2.83 bits per heavy atom. The molecule has 1 unspecified atom stereocenters. The summed E-state index contributed by atoms with van der Waals surface area (Å²) in [6.45, 7) is 5.13. The largest absolute Gasteiger partial charge is 0.464 e. The van der Waals surface area contributed by atoms with Gasteiger partial charge in [-0.05, 0) is 51.7 Å². The molecule has 2 rings (SSSR count). The van der Waals surface area contributed by atoms with E-state index >= 15 is 0 Å². The second-order valence-electron chi connectivity index (χ2n) is 6.16. The number of nitrogens with one attached hydrogen (secondary N) is 1. The molecule has 0 bridgehead atoms. The van der Waals surface area contributed by atoms with E-state index in [1.807, 2.05) is 25.1 Å². The van der Waals surface area contributed by atoms with Crippen LogP contribution in [0.3, 0.4) is 0 Å². The topological polar surface area (TPSA) is 77.5 Å². The van der Waals surface area contributed by atoms with Crippen molar-refractivity contribution >= 4 is 11.9 Å². The van der Waals surface area contributed by atoms with Gasteiger partial charge < -0.3 is 14.8 Å². The molecule has 0 saturated carbocycles. The highest BCUT2D eigenvalue weighted by Gasteiger charge is 2.25. The van der Waals surface area contributed by atoms with E-state index in [2.05, 4.69) is 10.3 Å². The van der Waals surface area contributed by atoms with Gasteiger partial charge in [0.25, 0.3) is 0 Å². The molecule has 1 N–H and O–H groups in total. The summed E-state index contributed by atoms with van der Waals surface area (Å²) in [7, 11) is 0. The van der Waals surface area contributed by atoms with E-state index in [1.165, 1.54) is 0 Å². The Balaban J connectivity index is 1.65. The molecule has 1 aliphatic rings. The van der Waals surface area contributed by atoms with E-state index < -0.39 is 12.0 Å². The fraction of sp³-hybridized carbons (Fsp3) is 0.611. The van der Waals surface area contributed by atoms with Crippen molar-refractivity contribution in [1.29, 1.82) is 0 Å². The Hall–Kier alpha value is -1.95. The number of aromatic nitrogens is 1. The van der Waals surface area contributed by atoms with Gasteiger partial charge in [0.1, 0.15) is 6.04 Å². The van der Waals surface area contributed by atoms with E-state index in [0.717, 1.165) is 17.8 Å². The number of ether oxygens (including phenoxy) is 2. The van der Waals surface area contributed by atoms with Gasteiger partial charge in [-0.15, -0.1) is 0 Å². The Morgan fingerprint density at radius 2 is 2.12 bits per heavy atom. The summed E-state index contributed by atoms with van der Waals surface area (Å²) >= 11 is 0. The van der Waals surface area contributed by atoms with Gasteiger partial charge in [0.2, 0.25) is 5.91 Å². The predicted octanol–water partition coefficient (Wildman–Crippen LogP) is 1.80. The molecule has 1 amide bonds. The molecule has 1 saturated heterocycles. The molecule has 1 atom stereocenters. The third-order valence-corrected chi connectivity index (χ3v) is 4.07. The van der Waals surface area contributed by atoms with Crippen LogP contribution in [0.15, 0.2) is 18.2 Å². The molecule has 24 heavy (non-hydrogen) atoms. The van der Waals surface area contributed by atoms with Crippen LogP contribution in [0.1, 0.15) is 37.6 Å². The van der Waals surface area contributed by atoms with Gasteiger partial charge in [0, 0.05) is 30.5 Å². The maximum absolute atomic E-state index is 12.1. The smallest absolute Gasteiger partial charge is 0.328 e. The summed E-state index contributed by atoms with van der Waals surface area (Å²) < 4.78 is 10.5. The van der Waals surface area contributed by atoms with Crippen molar-refractivity contribution in [3.63, 3.8) is 0 Å². The number of hydrogen-bond donors (Lipinski definition) is 1. The van der Waals surface area contributed by atoms with Crippen molar-refractivity contribution in [1.82, 2.24) is 10.3 Å². The molecule has 0 radical (unpaired) electrons. The third-order valence-electron chi connectivity index (χ3n) is 4.07. The zero-order valence-corrected chi connectivity index (χ0v) is 14.4. The van der Waals surface area contributed by atoms with Gasteiger partial charge in [-0.1, -0.05) is 6.07 Å². The van der Waals surface area contributed by atoms with E-state index in [-0.39, 0.29) is 11.8 Å². The van der Waals surface area contributed by atoms with Gasteiger partial charge in [0.15, 0.2) is 0 Å². The lowest BCUT2D eigenvalue weighted by atomic mass is 9.99. The first-order chi connectivity index (χ1) is 11.6. The standard InChI is InChI=1S/C18H26N2O4/c1-13-5-3-6-16(19-13)7-4-10-24-18(22)14(2)20-17(21)15-8-11-23-12-9-15/h3,5-6,14-15H,4,7-12H2,1-2H3,(H,20,21). The van der Waals surface area contributed by atoms with Crippen molar-refractivity contribution in [3.8, 4) is 0 Å². The van der Waals surface area contributed by atoms with Gasteiger partial charge in [-0.3, -0.25) is 9.78 Å². The fourth-order valence-corrected chi connectivity index (χ4v) is 2.64. The summed E-state index contributed by atoms with van der Waals surface area (Å²) in [6, 6.07) is 5.26. The average Bonchev–Trinajstić information content (AvgIpc) is 2.59. The minimum atomic E-state index is -0.627. The molecule has 132 valence electrons. The van der Waals surface area contributed by atoms with Crippen LogP contribution >= 0.6 is 0 Å².